The van der Waals surface area contributed by atoms with Crippen LogP contribution in [0, 0.1) is 11.3 Å². The highest BCUT2D eigenvalue weighted by atomic mass is 16.6. The molecule has 1 unspecified atom stereocenters. The molecule has 1 aromatic carbocycles. The number of benzene rings is 1. The van der Waals surface area contributed by atoms with E-state index in [-0.39, 0.29) is 11.7 Å². The van der Waals surface area contributed by atoms with Crippen molar-refractivity contribution in [2.45, 2.75) is 38.4 Å². The van der Waals surface area contributed by atoms with Gasteiger partial charge in [0.2, 0.25) is 0 Å². The summed E-state index contributed by atoms with van der Waals surface area (Å²) in [5, 5.41) is 8.74. The molecule has 90 valence electrons. The second kappa shape index (κ2) is 4.77. The van der Waals surface area contributed by atoms with Crippen molar-refractivity contribution in [3.63, 3.8) is 0 Å². The number of epoxide rings is 1. The highest BCUT2D eigenvalue weighted by Gasteiger charge is 2.46. The molecule has 0 aliphatic carbocycles. The number of hydrogen-bond acceptors (Lipinski definition) is 3. The third-order valence-corrected chi connectivity index (χ3v) is 3.42. The molecule has 17 heavy (non-hydrogen) atoms. The van der Waals surface area contributed by atoms with Crippen molar-refractivity contribution >= 4 is 0 Å². The van der Waals surface area contributed by atoms with E-state index < -0.39 is 0 Å². The first-order valence-corrected chi connectivity index (χ1v) is 6.05. The molecule has 0 N–H and O–H groups in total. The van der Waals surface area contributed by atoms with Gasteiger partial charge in [0.05, 0.1) is 18.2 Å². The fourth-order valence-electron chi connectivity index (χ4n) is 2.10. The summed E-state index contributed by atoms with van der Waals surface area (Å²) in [7, 11) is 0. The predicted octanol–water partition coefficient (Wildman–Crippen LogP) is 2.89. The molecule has 0 radical (unpaired) electrons. The maximum Gasteiger partial charge on any atom is 0.137 e. The van der Waals surface area contributed by atoms with Crippen LogP contribution in [-0.4, -0.2) is 18.3 Å². The number of nitriles is 1. The Hall–Kier alpha value is -1.53. The average Bonchev–Trinajstić information content (AvgIpc) is 3.21. The number of rotatable bonds is 5. The molecule has 2 rings (SSSR count). The summed E-state index contributed by atoms with van der Waals surface area (Å²) in [6, 6.07) is 9.35. The first-order chi connectivity index (χ1) is 8.24. The summed E-state index contributed by atoms with van der Waals surface area (Å²) in [6.07, 6.45) is 2.07. The Morgan fingerprint density at radius 1 is 1.35 bits per heavy atom. The van der Waals surface area contributed by atoms with E-state index in [1.165, 1.54) is 0 Å². The molecule has 1 fully saturated rings. The molecule has 0 aromatic heterocycles. The minimum absolute atomic E-state index is 0.214. The van der Waals surface area contributed by atoms with Crippen LogP contribution in [0.25, 0.3) is 0 Å². The minimum atomic E-state index is -0.214. The summed E-state index contributed by atoms with van der Waals surface area (Å²) in [5.41, 5.74) is 0.437. The molecule has 0 amide bonds. The lowest BCUT2D eigenvalue weighted by atomic mass is 9.93. The SMILES string of the molecule is CCC(CC)(Oc1ccc(C#N)cc1)C1CO1. The Morgan fingerprint density at radius 3 is 2.35 bits per heavy atom. The second-order valence-corrected chi connectivity index (χ2v) is 4.33. The van der Waals surface area contributed by atoms with Gasteiger partial charge in [0.25, 0.3) is 0 Å². The third kappa shape index (κ3) is 2.42. The number of nitrogens with zero attached hydrogens (tertiary/aromatic N) is 1. The van der Waals surface area contributed by atoms with Crippen LogP contribution >= 0.6 is 0 Å². The molecular weight excluding hydrogens is 214 g/mol. The van der Waals surface area contributed by atoms with Gasteiger partial charge in [0, 0.05) is 0 Å². The third-order valence-electron chi connectivity index (χ3n) is 3.42. The fourth-order valence-corrected chi connectivity index (χ4v) is 2.10. The zero-order valence-corrected chi connectivity index (χ0v) is 10.3. The highest BCUT2D eigenvalue weighted by Crippen LogP contribution is 2.35. The standard InChI is InChI=1S/C14H17NO2/c1-3-14(4-2,13-10-16-13)17-12-7-5-11(9-15)6-8-12/h5-8,13H,3-4,10H2,1-2H3. The monoisotopic (exact) mass is 231 g/mol. The molecule has 1 saturated heterocycles. The van der Waals surface area contributed by atoms with Crippen molar-refractivity contribution in [2.75, 3.05) is 6.61 Å². The van der Waals surface area contributed by atoms with Crippen molar-refractivity contribution in [1.82, 2.24) is 0 Å². The largest absolute Gasteiger partial charge is 0.484 e. The van der Waals surface area contributed by atoms with Gasteiger partial charge in [-0.25, -0.2) is 0 Å². The van der Waals surface area contributed by atoms with Crippen molar-refractivity contribution in [1.29, 1.82) is 5.26 Å². The van der Waals surface area contributed by atoms with E-state index in [9.17, 15) is 0 Å². The van der Waals surface area contributed by atoms with Gasteiger partial charge in [-0.15, -0.1) is 0 Å². The summed E-state index contributed by atoms with van der Waals surface area (Å²) in [4.78, 5) is 0. The smallest absolute Gasteiger partial charge is 0.137 e. The first-order valence-electron chi connectivity index (χ1n) is 6.05. The van der Waals surface area contributed by atoms with Crippen LogP contribution in [0.2, 0.25) is 0 Å². The Bertz CT molecular complexity index is 411. The van der Waals surface area contributed by atoms with Gasteiger partial charge >= 0.3 is 0 Å². The minimum Gasteiger partial charge on any atom is -0.484 e. The van der Waals surface area contributed by atoms with Crippen molar-refractivity contribution < 1.29 is 9.47 Å². The van der Waals surface area contributed by atoms with Gasteiger partial charge in [-0.1, -0.05) is 13.8 Å². The van der Waals surface area contributed by atoms with Crippen LogP contribution in [0.5, 0.6) is 5.75 Å². The quantitative estimate of drug-likeness (QED) is 0.732. The molecule has 1 heterocycles. The zero-order chi connectivity index (χ0) is 12.3. The van der Waals surface area contributed by atoms with Crippen LogP contribution in [-0.2, 0) is 4.74 Å². The molecular formula is C14H17NO2. The number of ether oxygens (including phenoxy) is 2. The van der Waals surface area contributed by atoms with Crippen LogP contribution in [0.15, 0.2) is 24.3 Å². The number of hydrogen-bond donors (Lipinski definition) is 0. The molecule has 0 spiro atoms. The zero-order valence-electron chi connectivity index (χ0n) is 10.3. The molecule has 3 nitrogen and oxygen atoms in total. The van der Waals surface area contributed by atoms with Gasteiger partial charge in [-0.3, -0.25) is 0 Å². The van der Waals surface area contributed by atoms with Crippen LogP contribution in [0.1, 0.15) is 32.3 Å². The topological polar surface area (TPSA) is 45.5 Å². The Kier molecular flexibility index (Phi) is 3.35. The van der Waals surface area contributed by atoms with Gasteiger partial charge in [-0.2, -0.15) is 5.26 Å². The maximum atomic E-state index is 8.74. The van der Waals surface area contributed by atoms with E-state index in [2.05, 4.69) is 19.9 Å². The van der Waals surface area contributed by atoms with E-state index >= 15 is 0 Å². The van der Waals surface area contributed by atoms with Crippen molar-refractivity contribution in [3.8, 4) is 11.8 Å². The highest BCUT2D eigenvalue weighted by molar-refractivity contribution is 5.35. The maximum absolute atomic E-state index is 8.74. The lowest BCUT2D eigenvalue weighted by molar-refractivity contribution is 0.0302. The van der Waals surface area contributed by atoms with E-state index in [0.29, 0.717) is 5.56 Å². The molecule has 1 aliphatic rings. The lowest BCUT2D eigenvalue weighted by Crippen LogP contribution is -2.40. The summed E-state index contributed by atoms with van der Waals surface area (Å²) >= 11 is 0. The summed E-state index contributed by atoms with van der Waals surface area (Å²) in [5.74, 6) is 0.809. The van der Waals surface area contributed by atoms with E-state index in [4.69, 9.17) is 14.7 Å². The van der Waals surface area contributed by atoms with Crippen molar-refractivity contribution in [2.24, 2.45) is 0 Å². The molecule has 1 aliphatic heterocycles. The lowest BCUT2D eigenvalue weighted by Gasteiger charge is -2.31. The van der Waals surface area contributed by atoms with Crippen molar-refractivity contribution in [3.05, 3.63) is 29.8 Å². The van der Waals surface area contributed by atoms with Gasteiger partial charge < -0.3 is 9.47 Å². The Labute approximate surface area is 102 Å². The molecule has 0 bridgehead atoms. The molecule has 1 atom stereocenters. The fraction of sp³-hybridized carbons (Fsp3) is 0.500. The summed E-state index contributed by atoms with van der Waals surface area (Å²) in [6.45, 7) is 5.03. The van der Waals surface area contributed by atoms with Gasteiger partial charge in [0.1, 0.15) is 17.5 Å². The van der Waals surface area contributed by atoms with Crippen LogP contribution < -0.4 is 4.74 Å². The molecule has 1 aromatic rings. The van der Waals surface area contributed by atoms with Crippen LogP contribution in [0.4, 0.5) is 0 Å². The summed E-state index contributed by atoms with van der Waals surface area (Å²) < 4.78 is 11.5. The van der Waals surface area contributed by atoms with Gasteiger partial charge in [0.15, 0.2) is 0 Å². The van der Waals surface area contributed by atoms with E-state index in [1.54, 1.807) is 12.1 Å². The molecule has 3 heteroatoms. The second-order valence-electron chi connectivity index (χ2n) is 4.33. The Morgan fingerprint density at radius 2 is 1.94 bits per heavy atom. The first kappa shape index (κ1) is 11.9. The predicted molar refractivity (Wildman–Crippen MR) is 64.8 cm³/mol. The van der Waals surface area contributed by atoms with E-state index in [0.717, 1.165) is 25.2 Å². The normalized spacial score (nSPS) is 18.5. The average molecular weight is 231 g/mol. The van der Waals surface area contributed by atoms with Crippen LogP contribution in [0.3, 0.4) is 0 Å². The van der Waals surface area contributed by atoms with E-state index in [1.807, 2.05) is 12.1 Å². The Balaban J connectivity index is 2.14. The van der Waals surface area contributed by atoms with Gasteiger partial charge in [-0.05, 0) is 37.1 Å². The molecule has 0 saturated carbocycles.